The monoisotopic (exact) mass is 241 g/mol. The number of likely N-dealkylation sites (N-methyl/N-ethyl adjacent to an activating group) is 1. The number of rotatable bonds is 7. The molecule has 0 bridgehead atoms. The maximum absolute atomic E-state index is 10.2. The molecular weight excluding hydrogens is 210 g/mol. The molecular formula is C15H31NO. The van der Waals surface area contributed by atoms with Crippen molar-refractivity contribution in [2.24, 2.45) is 5.92 Å². The van der Waals surface area contributed by atoms with Crippen molar-refractivity contribution in [3.63, 3.8) is 0 Å². The SMILES string of the molecule is CCCCN(CC)C1CC(CCC)CCC1O. The van der Waals surface area contributed by atoms with Gasteiger partial charge in [-0.25, -0.2) is 0 Å². The van der Waals surface area contributed by atoms with Gasteiger partial charge in [0.1, 0.15) is 0 Å². The Kier molecular flexibility index (Phi) is 7.14. The van der Waals surface area contributed by atoms with E-state index >= 15 is 0 Å². The van der Waals surface area contributed by atoms with Crippen molar-refractivity contribution in [2.75, 3.05) is 13.1 Å². The van der Waals surface area contributed by atoms with Gasteiger partial charge in [0.15, 0.2) is 0 Å². The van der Waals surface area contributed by atoms with E-state index in [4.69, 9.17) is 0 Å². The van der Waals surface area contributed by atoms with Crippen molar-refractivity contribution < 1.29 is 5.11 Å². The molecule has 0 aromatic rings. The van der Waals surface area contributed by atoms with Crippen LogP contribution in [0.5, 0.6) is 0 Å². The predicted octanol–water partition coefficient (Wildman–Crippen LogP) is 3.44. The van der Waals surface area contributed by atoms with Gasteiger partial charge >= 0.3 is 0 Å². The molecule has 17 heavy (non-hydrogen) atoms. The Bertz CT molecular complexity index is 195. The van der Waals surface area contributed by atoms with Crippen LogP contribution in [0.25, 0.3) is 0 Å². The summed E-state index contributed by atoms with van der Waals surface area (Å²) in [6.07, 6.45) is 8.51. The van der Waals surface area contributed by atoms with Crippen molar-refractivity contribution in [1.29, 1.82) is 0 Å². The van der Waals surface area contributed by atoms with Gasteiger partial charge in [0.25, 0.3) is 0 Å². The molecule has 0 heterocycles. The molecule has 0 aliphatic heterocycles. The first-order valence-corrected chi connectivity index (χ1v) is 7.64. The van der Waals surface area contributed by atoms with E-state index in [2.05, 4.69) is 25.7 Å². The summed E-state index contributed by atoms with van der Waals surface area (Å²) in [5.74, 6) is 0.851. The van der Waals surface area contributed by atoms with Crippen LogP contribution in [-0.4, -0.2) is 35.2 Å². The molecule has 0 aromatic heterocycles. The van der Waals surface area contributed by atoms with Crippen LogP contribution >= 0.6 is 0 Å². The van der Waals surface area contributed by atoms with Crippen LogP contribution in [0.2, 0.25) is 0 Å². The fraction of sp³-hybridized carbons (Fsp3) is 1.00. The van der Waals surface area contributed by atoms with E-state index in [9.17, 15) is 5.11 Å². The molecule has 3 atom stereocenters. The molecule has 1 saturated carbocycles. The van der Waals surface area contributed by atoms with Gasteiger partial charge in [-0.05, 0) is 44.7 Å². The number of aliphatic hydroxyl groups is 1. The van der Waals surface area contributed by atoms with E-state index in [1.807, 2.05) is 0 Å². The average molecular weight is 241 g/mol. The summed E-state index contributed by atoms with van der Waals surface area (Å²) in [4.78, 5) is 2.51. The van der Waals surface area contributed by atoms with Crippen LogP contribution in [-0.2, 0) is 0 Å². The van der Waals surface area contributed by atoms with E-state index in [1.54, 1.807) is 0 Å². The van der Waals surface area contributed by atoms with Crippen molar-refractivity contribution >= 4 is 0 Å². The Morgan fingerprint density at radius 1 is 1.12 bits per heavy atom. The first-order valence-electron chi connectivity index (χ1n) is 7.64. The molecule has 0 amide bonds. The first-order chi connectivity index (χ1) is 8.22. The normalized spacial score (nSPS) is 29.8. The molecule has 1 fully saturated rings. The molecule has 3 unspecified atom stereocenters. The Balaban J connectivity index is 2.50. The second-order valence-corrected chi connectivity index (χ2v) is 5.58. The van der Waals surface area contributed by atoms with Gasteiger partial charge in [0, 0.05) is 6.04 Å². The summed E-state index contributed by atoms with van der Waals surface area (Å²) >= 11 is 0. The lowest BCUT2D eigenvalue weighted by atomic mass is 9.80. The van der Waals surface area contributed by atoms with Crippen LogP contribution in [0.3, 0.4) is 0 Å². The van der Waals surface area contributed by atoms with Crippen molar-refractivity contribution in [1.82, 2.24) is 4.90 Å². The third kappa shape index (κ3) is 4.59. The quantitative estimate of drug-likeness (QED) is 0.738. The highest BCUT2D eigenvalue weighted by atomic mass is 16.3. The van der Waals surface area contributed by atoms with E-state index in [0.29, 0.717) is 6.04 Å². The van der Waals surface area contributed by atoms with Crippen LogP contribution in [0.4, 0.5) is 0 Å². The number of unbranched alkanes of at least 4 members (excludes halogenated alkanes) is 1. The third-order valence-corrected chi connectivity index (χ3v) is 4.26. The summed E-state index contributed by atoms with van der Waals surface area (Å²) in [5, 5.41) is 10.2. The second-order valence-electron chi connectivity index (χ2n) is 5.58. The van der Waals surface area contributed by atoms with Crippen LogP contribution < -0.4 is 0 Å². The van der Waals surface area contributed by atoms with Gasteiger partial charge in [-0.15, -0.1) is 0 Å². The van der Waals surface area contributed by atoms with Crippen molar-refractivity contribution in [2.45, 2.75) is 77.9 Å². The largest absolute Gasteiger partial charge is 0.391 e. The zero-order chi connectivity index (χ0) is 12.7. The smallest absolute Gasteiger partial charge is 0.0695 e. The lowest BCUT2D eigenvalue weighted by Crippen LogP contribution is -2.47. The number of aliphatic hydroxyl groups excluding tert-OH is 1. The minimum Gasteiger partial charge on any atom is -0.391 e. The minimum atomic E-state index is -0.0834. The predicted molar refractivity (Wildman–Crippen MR) is 74.2 cm³/mol. The zero-order valence-electron chi connectivity index (χ0n) is 12.0. The molecule has 1 aliphatic carbocycles. The summed E-state index contributed by atoms with van der Waals surface area (Å²) in [6, 6.07) is 0.428. The van der Waals surface area contributed by atoms with Gasteiger partial charge in [0.05, 0.1) is 6.10 Å². The van der Waals surface area contributed by atoms with Gasteiger partial charge in [-0.2, -0.15) is 0 Å². The molecule has 1 rings (SSSR count). The molecule has 2 nitrogen and oxygen atoms in total. The Labute approximate surface area is 107 Å². The van der Waals surface area contributed by atoms with Crippen LogP contribution in [0.1, 0.15) is 65.7 Å². The Morgan fingerprint density at radius 2 is 1.88 bits per heavy atom. The van der Waals surface area contributed by atoms with Gasteiger partial charge in [0.2, 0.25) is 0 Å². The summed E-state index contributed by atoms with van der Waals surface area (Å²) in [6.45, 7) is 8.99. The van der Waals surface area contributed by atoms with E-state index < -0.39 is 0 Å². The second kappa shape index (κ2) is 8.10. The summed E-state index contributed by atoms with van der Waals surface area (Å²) in [7, 11) is 0. The van der Waals surface area contributed by atoms with E-state index in [0.717, 1.165) is 25.4 Å². The molecule has 0 spiro atoms. The van der Waals surface area contributed by atoms with Crippen molar-refractivity contribution in [3.8, 4) is 0 Å². The average Bonchev–Trinajstić information content (AvgIpc) is 2.34. The molecule has 1 aliphatic rings. The van der Waals surface area contributed by atoms with Crippen LogP contribution in [0.15, 0.2) is 0 Å². The van der Waals surface area contributed by atoms with E-state index in [1.165, 1.54) is 38.5 Å². The molecule has 0 radical (unpaired) electrons. The highest BCUT2D eigenvalue weighted by Crippen LogP contribution is 2.31. The Morgan fingerprint density at radius 3 is 2.47 bits per heavy atom. The molecule has 1 N–H and O–H groups in total. The first kappa shape index (κ1) is 15.0. The minimum absolute atomic E-state index is 0.0834. The van der Waals surface area contributed by atoms with Gasteiger partial charge in [-0.3, -0.25) is 4.90 Å². The third-order valence-electron chi connectivity index (χ3n) is 4.26. The van der Waals surface area contributed by atoms with Gasteiger partial charge in [-0.1, -0.05) is 40.0 Å². The summed E-state index contributed by atoms with van der Waals surface area (Å²) < 4.78 is 0. The highest BCUT2D eigenvalue weighted by molar-refractivity contribution is 4.86. The van der Waals surface area contributed by atoms with E-state index in [-0.39, 0.29) is 6.10 Å². The Hall–Kier alpha value is -0.0800. The fourth-order valence-corrected chi connectivity index (χ4v) is 3.20. The standard InChI is InChI=1S/C15H31NO/c1-4-7-11-16(6-3)14-12-13(8-5-2)9-10-15(14)17/h13-15,17H,4-12H2,1-3H3. The molecule has 0 aromatic carbocycles. The maximum atomic E-state index is 10.2. The molecule has 2 heteroatoms. The van der Waals surface area contributed by atoms with Crippen LogP contribution in [0, 0.1) is 5.92 Å². The van der Waals surface area contributed by atoms with Gasteiger partial charge < -0.3 is 5.11 Å². The number of hydrogen-bond acceptors (Lipinski definition) is 2. The number of nitrogens with zero attached hydrogens (tertiary/aromatic N) is 1. The summed E-state index contributed by atoms with van der Waals surface area (Å²) in [5.41, 5.74) is 0. The lowest BCUT2D eigenvalue weighted by Gasteiger charge is -2.40. The maximum Gasteiger partial charge on any atom is 0.0695 e. The molecule has 102 valence electrons. The lowest BCUT2D eigenvalue weighted by molar-refractivity contribution is 0.00314. The number of hydrogen-bond donors (Lipinski definition) is 1. The topological polar surface area (TPSA) is 23.5 Å². The highest BCUT2D eigenvalue weighted by Gasteiger charge is 2.31. The fourth-order valence-electron chi connectivity index (χ4n) is 3.20. The zero-order valence-corrected chi connectivity index (χ0v) is 12.0. The van der Waals surface area contributed by atoms with Crippen molar-refractivity contribution in [3.05, 3.63) is 0 Å². The molecule has 0 saturated heterocycles.